The van der Waals surface area contributed by atoms with Crippen LogP contribution in [0, 0.1) is 22.2 Å². The van der Waals surface area contributed by atoms with Crippen molar-refractivity contribution in [1.29, 1.82) is 0 Å². The molecule has 0 heterocycles. The monoisotopic (exact) mass is 531 g/mol. The summed E-state index contributed by atoms with van der Waals surface area (Å²) in [7, 11) is 0. The molecule has 2 nitrogen and oxygen atoms in total. The van der Waals surface area contributed by atoms with Gasteiger partial charge in [0.25, 0.3) is 0 Å². The molecule has 0 amide bonds. The third kappa shape index (κ3) is 8.25. The Balaban J connectivity index is 1.71. The quantitative estimate of drug-likeness (QED) is 0.179. The molecule has 222 valence electrons. The molecular weight excluding hydrogens is 464 g/mol. The zero-order chi connectivity index (χ0) is 27.2. The SMILES string of the molecule is CCCCCCCCCCC1(C2(C(=O)O)CCCCC2)CCC(CCCCCCC)(C2CCCCC2)CC1. The molecule has 2 heteroatoms. The Morgan fingerprint density at radius 3 is 1.58 bits per heavy atom. The first-order chi connectivity index (χ1) is 18.5. The molecule has 3 rings (SSSR count). The van der Waals surface area contributed by atoms with Gasteiger partial charge in [-0.15, -0.1) is 0 Å². The number of rotatable bonds is 18. The number of unbranched alkanes of at least 4 members (excludes halogenated alkanes) is 11. The van der Waals surface area contributed by atoms with Crippen molar-refractivity contribution >= 4 is 5.97 Å². The van der Waals surface area contributed by atoms with Crippen LogP contribution >= 0.6 is 0 Å². The van der Waals surface area contributed by atoms with Crippen molar-refractivity contribution in [3.63, 3.8) is 0 Å². The number of carbonyl (C=O) groups is 1. The van der Waals surface area contributed by atoms with Crippen LogP contribution in [0.5, 0.6) is 0 Å². The van der Waals surface area contributed by atoms with E-state index < -0.39 is 11.4 Å². The number of hydrogen-bond donors (Lipinski definition) is 1. The number of carboxylic acids is 1. The van der Waals surface area contributed by atoms with Crippen molar-refractivity contribution < 1.29 is 9.90 Å². The average Bonchev–Trinajstić information content (AvgIpc) is 2.96. The van der Waals surface area contributed by atoms with Crippen molar-refractivity contribution in [2.75, 3.05) is 0 Å². The first-order valence-electron chi connectivity index (χ1n) is 17.8. The van der Waals surface area contributed by atoms with E-state index >= 15 is 0 Å². The standard InChI is InChI=1S/C36H66O2/c1-3-5-7-9-10-11-13-19-25-35(36(33(37)38)26-20-15-21-27-36)30-28-34(29-31-35,24-18-12-8-6-4-2)32-22-16-14-17-23-32/h32H,3-31H2,1-2H3,(H,37,38). The summed E-state index contributed by atoms with van der Waals surface area (Å²) in [5, 5.41) is 10.8. The highest BCUT2D eigenvalue weighted by atomic mass is 16.4. The highest BCUT2D eigenvalue weighted by Gasteiger charge is 2.59. The lowest BCUT2D eigenvalue weighted by Gasteiger charge is -2.58. The van der Waals surface area contributed by atoms with Gasteiger partial charge in [0.1, 0.15) is 0 Å². The van der Waals surface area contributed by atoms with Crippen LogP contribution in [0.1, 0.15) is 200 Å². The zero-order valence-electron chi connectivity index (χ0n) is 25.9. The number of hydrogen-bond acceptors (Lipinski definition) is 1. The molecule has 1 N–H and O–H groups in total. The maximum absolute atomic E-state index is 13.2. The van der Waals surface area contributed by atoms with E-state index in [0.29, 0.717) is 5.41 Å². The Kier molecular flexibility index (Phi) is 14.0. The zero-order valence-corrected chi connectivity index (χ0v) is 25.9. The molecule has 0 aliphatic heterocycles. The molecule has 0 aromatic rings. The first kappa shape index (κ1) is 32.0. The Hall–Kier alpha value is -0.530. The fourth-order valence-electron chi connectivity index (χ4n) is 9.58. The van der Waals surface area contributed by atoms with Gasteiger partial charge in [-0.2, -0.15) is 0 Å². The molecule has 0 saturated heterocycles. The minimum Gasteiger partial charge on any atom is -0.481 e. The van der Waals surface area contributed by atoms with Crippen molar-refractivity contribution in [2.24, 2.45) is 22.2 Å². The second kappa shape index (κ2) is 16.7. The molecule has 3 aliphatic carbocycles. The number of carboxylic acid groups (broad SMARTS) is 1. The van der Waals surface area contributed by atoms with Gasteiger partial charge < -0.3 is 5.11 Å². The molecule has 0 radical (unpaired) electrons. The van der Waals surface area contributed by atoms with Gasteiger partial charge in [0, 0.05) is 0 Å². The van der Waals surface area contributed by atoms with Gasteiger partial charge in [-0.25, -0.2) is 0 Å². The molecule has 0 atom stereocenters. The highest BCUT2D eigenvalue weighted by molar-refractivity contribution is 5.76. The van der Waals surface area contributed by atoms with Gasteiger partial charge in [0.05, 0.1) is 5.41 Å². The molecular formula is C36H66O2. The van der Waals surface area contributed by atoms with Crippen molar-refractivity contribution in [1.82, 2.24) is 0 Å². The Morgan fingerprint density at radius 1 is 0.579 bits per heavy atom. The Morgan fingerprint density at radius 2 is 1.05 bits per heavy atom. The topological polar surface area (TPSA) is 37.3 Å². The number of aliphatic carboxylic acids is 1. The maximum atomic E-state index is 13.2. The summed E-state index contributed by atoms with van der Waals surface area (Å²) in [5.74, 6) is 0.483. The molecule has 0 bridgehead atoms. The lowest BCUT2D eigenvalue weighted by Crippen LogP contribution is -2.53. The van der Waals surface area contributed by atoms with Gasteiger partial charge in [-0.3, -0.25) is 4.79 Å². The second-order valence-corrected chi connectivity index (χ2v) is 14.3. The van der Waals surface area contributed by atoms with Crippen LogP contribution in [-0.4, -0.2) is 11.1 Å². The van der Waals surface area contributed by atoms with Crippen LogP contribution in [0.2, 0.25) is 0 Å². The van der Waals surface area contributed by atoms with E-state index in [0.717, 1.165) is 31.6 Å². The van der Waals surface area contributed by atoms with Gasteiger partial charge in [-0.1, -0.05) is 136 Å². The van der Waals surface area contributed by atoms with Crippen molar-refractivity contribution in [2.45, 2.75) is 200 Å². The third-order valence-corrected chi connectivity index (χ3v) is 12.1. The average molecular weight is 531 g/mol. The smallest absolute Gasteiger partial charge is 0.310 e. The molecule has 0 unspecified atom stereocenters. The van der Waals surface area contributed by atoms with Crippen LogP contribution in [0.4, 0.5) is 0 Å². The lowest BCUT2D eigenvalue weighted by molar-refractivity contribution is -0.171. The van der Waals surface area contributed by atoms with Gasteiger partial charge in [-0.05, 0) is 81.0 Å². The fraction of sp³-hybridized carbons (Fsp3) is 0.972. The Bertz CT molecular complexity index is 632. The summed E-state index contributed by atoms with van der Waals surface area (Å²) >= 11 is 0. The van der Waals surface area contributed by atoms with Gasteiger partial charge in [0.15, 0.2) is 0 Å². The van der Waals surface area contributed by atoms with E-state index in [2.05, 4.69) is 13.8 Å². The van der Waals surface area contributed by atoms with Crippen molar-refractivity contribution in [3.8, 4) is 0 Å². The van der Waals surface area contributed by atoms with Gasteiger partial charge in [0.2, 0.25) is 0 Å². The summed E-state index contributed by atoms with van der Waals surface area (Å²) in [6.45, 7) is 4.61. The first-order valence-corrected chi connectivity index (χ1v) is 17.8. The second-order valence-electron chi connectivity index (χ2n) is 14.3. The maximum Gasteiger partial charge on any atom is 0.310 e. The normalized spacial score (nSPS) is 28.4. The van der Waals surface area contributed by atoms with E-state index in [-0.39, 0.29) is 5.41 Å². The summed E-state index contributed by atoms with van der Waals surface area (Å²) in [6.07, 6.45) is 38.0. The summed E-state index contributed by atoms with van der Waals surface area (Å²) in [6, 6.07) is 0. The van der Waals surface area contributed by atoms with Crippen LogP contribution < -0.4 is 0 Å². The third-order valence-electron chi connectivity index (χ3n) is 12.1. The van der Waals surface area contributed by atoms with Crippen LogP contribution in [0.25, 0.3) is 0 Å². The minimum absolute atomic E-state index is 0.0574. The predicted octanol–water partition coefficient (Wildman–Crippen LogP) is 12.0. The van der Waals surface area contributed by atoms with Crippen LogP contribution in [-0.2, 0) is 4.79 Å². The molecule has 0 aromatic carbocycles. The fourth-order valence-corrected chi connectivity index (χ4v) is 9.58. The van der Waals surface area contributed by atoms with E-state index in [4.69, 9.17) is 0 Å². The summed E-state index contributed by atoms with van der Waals surface area (Å²) in [5.41, 5.74) is 0.137. The predicted molar refractivity (Wildman–Crippen MR) is 164 cm³/mol. The molecule has 3 saturated carbocycles. The van der Waals surface area contributed by atoms with Crippen LogP contribution in [0.3, 0.4) is 0 Å². The molecule has 3 fully saturated rings. The molecule has 3 aliphatic rings. The van der Waals surface area contributed by atoms with Gasteiger partial charge >= 0.3 is 5.97 Å². The molecule has 0 aromatic heterocycles. The van der Waals surface area contributed by atoms with Crippen LogP contribution in [0.15, 0.2) is 0 Å². The Labute approximate surface area is 237 Å². The largest absolute Gasteiger partial charge is 0.481 e. The van der Waals surface area contributed by atoms with E-state index in [9.17, 15) is 9.90 Å². The molecule has 0 spiro atoms. The molecule has 38 heavy (non-hydrogen) atoms. The van der Waals surface area contributed by atoms with Crippen molar-refractivity contribution in [3.05, 3.63) is 0 Å². The highest BCUT2D eigenvalue weighted by Crippen LogP contribution is 2.64. The van der Waals surface area contributed by atoms with E-state index in [1.165, 1.54) is 161 Å². The lowest BCUT2D eigenvalue weighted by atomic mass is 9.46. The summed E-state index contributed by atoms with van der Waals surface area (Å²) < 4.78 is 0. The summed E-state index contributed by atoms with van der Waals surface area (Å²) in [4.78, 5) is 13.2. The van der Waals surface area contributed by atoms with E-state index in [1.807, 2.05) is 0 Å². The van der Waals surface area contributed by atoms with E-state index in [1.54, 1.807) is 0 Å². The minimum atomic E-state index is -0.438.